The standard InChI is InChI=1S/C32H5N21/c1-12-18(10-35)43-28-27(41-12)45-21(46-28)14(8-33)13-6-16(15(9-34)22-47-31-32(48-22)53-26(40-5)25(39-4)52-31)42-17(7-13)20(37-2)24-50-29-30(51-24)49-23(38-3)19(11-36)44-29/h6-7H,1H3/b21-14-,24-20-. The lowest BCUT2D eigenvalue weighted by Gasteiger charge is -2.09. The summed E-state index contributed by atoms with van der Waals surface area (Å²) in [6.45, 7) is 31.5. The van der Waals surface area contributed by atoms with Crippen LogP contribution in [0.15, 0.2) is 59.6 Å². The highest BCUT2D eigenvalue weighted by atomic mass is 15.1. The number of aromatic nitrogens is 7. The van der Waals surface area contributed by atoms with Crippen molar-refractivity contribution in [1.29, 1.82) is 21.0 Å². The Balaban J connectivity index is 1.51. The van der Waals surface area contributed by atoms with E-state index in [0.717, 1.165) is 0 Å². The van der Waals surface area contributed by atoms with Crippen LogP contribution in [0.4, 0.5) is 17.5 Å². The predicted octanol–water partition coefficient (Wildman–Crippen LogP) is -0.0555. The molecule has 238 valence electrons. The summed E-state index contributed by atoms with van der Waals surface area (Å²) < 4.78 is 0. The average molecular weight is 684 g/mol. The quantitative estimate of drug-likeness (QED) is 0.204. The predicted molar refractivity (Wildman–Crippen MR) is 169 cm³/mol. The third kappa shape index (κ3) is 5.27. The SMILES string of the molecule is [C-]#[N+]/C(=C1/N=c2nc(C#N)c([N+]#[C-])nc2=N1)c1cc(/C(C#N)=C2/N=c3nc(C)c(C#N)nc3=N2)cc(C(C#N)=C2N=c3nc([N+]#[C-])c([N+]#[C-])nc3=N2)n1. The molecule has 53 heavy (non-hydrogen) atoms. The van der Waals surface area contributed by atoms with Crippen molar-refractivity contribution in [2.45, 2.75) is 6.92 Å². The van der Waals surface area contributed by atoms with Crippen LogP contribution in [0, 0.1) is 78.5 Å². The molecule has 3 aliphatic heterocycles. The number of aryl methyl sites for hydroxylation is 1. The molecule has 0 aromatic carbocycles. The van der Waals surface area contributed by atoms with Crippen LogP contribution in [0.25, 0.3) is 36.2 Å². The van der Waals surface area contributed by atoms with Crippen molar-refractivity contribution >= 4 is 34.3 Å². The van der Waals surface area contributed by atoms with Crippen molar-refractivity contribution in [2.24, 2.45) is 30.0 Å². The van der Waals surface area contributed by atoms with E-state index in [1.54, 1.807) is 13.0 Å². The maximum atomic E-state index is 10.4. The number of allylic oxidation sites excluding steroid dienone is 2. The Morgan fingerprint density at radius 1 is 0.528 bits per heavy atom. The Morgan fingerprint density at radius 3 is 1.49 bits per heavy atom. The Morgan fingerprint density at radius 2 is 0.981 bits per heavy atom. The van der Waals surface area contributed by atoms with E-state index in [1.165, 1.54) is 12.1 Å². The van der Waals surface area contributed by atoms with Gasteiger partial charge in [0.05, 0.1) is 23.7 Å². The minimum Gasteiger partial charge on any atom is -0.370 e. The molecule has 0 aliphatic carbocycles. The van der Waals surface area contributed by atoms with Gasteiger partial charge in [-0.1, -0.05) is 24.7 Å². The summed E-state index contributed by atoms with van der Waals surface area (Å²) in [4.78, 5) is 67.7. The van der Waals surface area contributed by atoms with E-state index in [9.17, 15) is 21.0 Å². The summed E-state index contributed by atoms with van der Waals surface area (Å²) >= 11 is 0. The van der Waals surface area contributed by atoms with Gasteiger partial charge in [-0.15, -0.1) is 9.97 Å². The lowest BCUT2D eigenvalue weighted by molar-refractivity contribution is 0.972. The van der Waals surface area contributed by atoms with Gasteiger partial charge < -0.3 is 14.5 Å². The fraction of sp³-hybridized carbons (Fsp3) is 0.0312. The Kier molecular flexibility index (Phi) is 7.47. The van der Waals surface area contributed by atoms with Crippen molar-refractivity contribution in [1.82, 2.24) is 34.9 Å². The first kappa shape index (κ1) is 31.9. The molecule has 0 saturated carbocycles. The topological polar surface area (TPSA) is 277 Å². The second-order valence-corrected chi connectivity index (χ2v) is 10.1. The fourth-order valence-corrected chi connectivity index (χ4v) is 4.79. The smallest absolute Gasteiger partial charge is 0.317 e. The van der Waals surface area contributed by atoms with Crippen LogP contribution < -0.4 is 32.9 Å². The minimum atomic E-state index is -0.319. The second kappa shape index (κ2) is 12.4. The summed E-state index contributed by atoms with van der Waals surface area (Å²) in [5.74, 6) is -1.60. The minimum absolute atomic E-state index is 0.00933. The van der Waals surface area contributed by atoms with Crippen molar-refractivity contribution in [3.8, 4) is 24.3 Å². The number of hydrogen-bond donors (Lipinski definition) is 0. The molecule has 3 aliphatic rings. The third-order valence-electron chi connectivity index (χ3n) is 7.11. The number of nitriles is 4. The molecular formula is C32H5N21. The molecule has 0 bridgehead atoms. The number of pyridine rings is 1. The van der Waals surface area contributed by atoms with Crippen LogP contribution in [0.2, 0.25) is 0 Å². The third-order valence-corrected chi connectivity index (χ3v) is 7.11. The summed E-state index contributed by atoms with van der Waals surface area (Å²) in [6.07, 6.45) is 0. The number of hydrogen-bond acceptors (Lipinski definition) is 17. The van der Waals surface area contributed by atoms with Gasteiger partial charge in [0.2, 0.25) is 11.0 Å². The van der Waals surface area contributed by atoms with Crippen LogP contribution in [0.1, 0.15) is 34.0 Å². The van der Waals surface area contributed by atoms with Gasteiger partial charge in [0.15, 0.2) is 34.3 Å². The van der Waals surface area contributed by atoms with Gasteiger partial charge in [-0.3, -0.25) is 4.98 Å². The fourth-order valence-electron chi connectivity index (χ4n) is 4.79. The maximum absolute atomic E-state index is 10.4. The van der Waals surface area contributed by atoms with E-state index in [1.807, 2.05) is 18.2 Å². The van der Waals surface area contributed by atoms with E-state index in [-0.39, 0.29) is 119 Å². The van der Waals surface area contributed by atoms with Crippen LogP contribution in [0.3, 0.4) is 0 Å². The first-order valence-corrected chi connectivity index (χ1v) is 14.2. The zero-order chi connectivity index (χ0) is 37.4. The molecule has 0 N–H and O–H groups in total. The first-order chi connectivity index (χ1) is 25.7. The van der Waals surface area contributed by atoms with Crippen molar-refractivity contribution < 1.29 is 0 Å². The van der Waals surface area contributed by atoms with Crippen LogP contribution >= 0.6 is 0 Å². The first-order valence-electron chi connectivity index (χ1n) is 14.2. The molecule has 0 unspecified atom stereocenters. The molecule has 4 aromatic heterocycles. The van der Waals surface area contributed by atoms with Crippen LogP contribution in [-0.4, -0.2) is 34.9 Å². The highest BCUT2D eigenvalue weighted by Gasteiger charge is 2.25. The van der Waals surface area contributed by atoms with Crippen LogP contribution in [0.5, 0.6) is 0 Å². The Hall–Kier alpha value is -9.67. The second-order valence-electron chi connectivity index (χ2n) is 10.1. The van der Waals surface area contributed by atoms with Crippen molar-refractivity contribution in [3.63, 3.8) is 0 Å². The number of rotatable bonds is 3. The van der Waals surface area contributed by atoms with Crippen LogP contribution in [-0.2, 0) is 0 Å². The molecule has 0 fully saturated rings. The summed E-state index contributed by atoms with van der Waals surface area (Å²) in [5, 5.41) is 39.6. The molecule has 21 heteroatoms. The monoisotopic (exact) mass is 683 g/mol. The molecule has 7 heterocycles. The molecule has 7 rings (SSSR count). The van der Waals surface area contributed by atoms with E-state index in [0.29, 0.717) is 0 Å². The van der Waals surface area contributed by atoms with Gasteiger partial charge >= 0.3 is 16.8 Å². The highest BCUT2D eigenvalue weighted by Crippen LogP contribution is 2.31. The number of fused-ring (bicyclic) bond motifs is 3. The normalized spacial score (nSPS) is 14.2. The van der Waals surface area contributed by atoms with E-state index < -0.39 is 0 Å². The van der Waals surface area contributed by atoms with E-state index in [2.05, 4.69) is 84.2 Å². The van der Waals surface area contributed by atoms with Gasteiger partial charge in [-0.25, -0.2) is 34.8 Å². The molecule has 0 radical (unpaired) electrons. The summed E-state index contributed by atoms with van der Waals surface area (Å²) in [5.41, 5.74) is -1.53. The Labute approximate surface area is 293 Å². The maximum Gasteiger partial charge on any atom is 0.317 e. The lowest BCUT2D eigenvalue weighted by Crippen LogP contribution is -2.30. The number of nitrogens with zero attached hydrogens (tertiary/aromatic N) is 21. The molecule has 21 nitrogen and oxygen atoms in total. The zero-order valence-electron chi connectivity index (χ0n) is 26.0. The van der Waals surface area contributed by atoms with Gasteiger partial charge in [-0.05, 0) is 24.6 Å². The molecule has 0 saturated heterocycles. The Bertz CT molecular complexity index is 3060. The van der Waals surface area contributed by atoms with E-state index in [4.69, 9.17) is 26.3 Å². The molecular weight excluding hydrogens is 678 g/mol. The zero-order valence-corrected chi connectivity index (χ0v) is 26.0. The van der Waals surface area contributed by atoms with Gasteiger partial charge in [-0.2, -0.15) is 36.0 Å². The van der Waals surface area contributed by atoms with Crippen molar-refractivity contribution in [3.05, 3.63) is 142 Å². The van der Waals surface area contributed by atoms with Gasteiger partial charge in [0, 0.05) is 0 Å². The average Bonchev–Trinajstić information content (AvgIpc) is 3.90. The summed E-state index contributed by atoms with van der Waals surface area (Å²) in [6, 6.07) is 10.3. The van der Waals surface area contributed by atoms with Crippen molar-refractivity contribution in [2.75, 3.05) is 0 Å². The van der Waals surface area contributed by atoms with Gasteiger partial charge in [0.1, 0.15) is 35.4 Å². The largest absolute Gasteiger partial charge is 0.370 e. The highest BCUT2D eigenvalue weighted by molar-refractivity contribution is 5.86. The molecule has 0 spiro atoms. The lowest BCUT2D eigenvalue weighted by atomic mass is 10.0. The molecule has 0 atom stereocenters. The van der Waals surface area contributed by atoms with Gasteiger partial charge in [0.25, 0.3) is 22.8 Å². The molecule has 0 amide bonds. The molecule has 4 aromatic rings. The van der Waals surface area contributed by atoms with E-state index >= 15 is 0 Å². The summed E-state index contributed by atoms with van der Waals surface area (Å²) in [7, 11) is 0.